The van der Waals surface area contributed by atoms with Crippen LogP contribution in [0, 0.1) is 13.8 Å². The molecule has 1 heterocycles. The molecule has 1 N–H and O–H groups in total. The monoisotopic (exact) mass is 208 g/mol. The van der Waals surface area contributed by atoms with Crippen molar-refractivity contribution >= 4 is 5.82 Å². The van der Waals surface area contributed by atoms with Gasteiger partial charge in [0.05, 0.1) is 6.61 Å². The molecular formula is C12H20N2O. The van der Waals surface area contributed by atoms with Gasteiger partial charge in [-0.1, -0.05) is 6.92 Å². The summed E-state index contributed by atoms with van der Waals surface area (Å²) >= 11 is 0. The van der Waals surface area contributed by atoms with Gasteiger partial charge in [0.1, 0.15) is 5.82 Å². The second-order valence-electron chi connectivity index (χ2n) is 3.96. The Morgan fingerprint density at radius 3 is 2.60 bits per heavy atom. The fourth-order valence-corrected chi connectivity index (χ4v) is 1.80. The van der Waals surface area contributed by atoms with Crippen molar-refractivity contribution in [2.45, 2.75) is 33.8 Å². The Hall–Kier alpha value is -1.09. The van der Waals surface area contributed by atoms with Crippen LogP contribution in [0.3, 0.4) is 0 Å². The molecule has 0 atom stereocenters. The summed E-state index contributed by atoms with van der Waals surface area (Å²) < 4.78 is 0. The zero-order chi connectivity index (χ0) is 11.4. The number of aromatic nitrogens is 1. The normalized spacial score (nSPS) is 10.5. The van der Waals surface area contributed by atoms with Crippen molar-refractivity contribution < 1.29 is 5.11 Å². The molecule has 0 radical (unpaired) electrons. The van der Waals surface area contributed by atoms with Gasteiger partial charge >= 0.3 is 0 Å². The van der Waals surface area contributed by atoms with Crippen molar-refractivity contribution in [2.75, 3.05) is 18.5 Å². The van der Waals surface area contributed by atoms with Gasteiger partial charge in [-0.25, -0.2) is 4.98 Å². The molecule has 0 unspecified atom stereocenters. The molecule has 0 amide bonds. The predicted octanol–water partition coefficient (Wildman–Crippen LogP) is 2.04. The molecule has 0 aromatic carbocycles. The van der Waals surface area contributed by atoms with Gasteiger partial charge in [0.25, 0.3) is 0 Å². The van der Waals surface area contributed by atoms with E-state index in [0.717, 1.165) is 35.6 Å². The van der Waals surface area contributed by atoms with Crippen LogP contribution in [0.15, 0.2) is 6.07 Å². The molecule has 0 aliphatic heterocycles. The molecule has 0 saturated carbocycles. The highest BCUT2D eigenvalue weighted by Gasteiger charge is 2.11. The van der Waals surface area contributed by atoms with Crippen LogP contribution in [0.4, 0.5) is 5.82 Å². The summed E-state index contributed by atoms with van der Waals surface area (Å²) in [5.74, 6) is 0.914. The highest BCUT2D eigenvalue weighted by atomic mass is 16.3. The Morgan fingerprint density at radius 2 is 2.07 bits per heavy atom. The number of aliphatic hydroxyl groups is 1. The molecule has 84 valence electrons. The smallest absolute Gasteiger partial charge is 0.134 e. The Bertz CT molecular complexity index is 337. The third kappa shape index (κ3) is 2.69. The standard InChI is InChI=1S/C12H20N2O/c1-5-6-14(4)12-11(8-15)9(2)7-10(3)13-12/h7,15H,5-6,8H2,1-4H3. The molecule has 0 aliphatic rings. The highest BCUT2D eigenvalue weighted by molar-refractivity contribution is 5.50. The molecule has 0 saturated heterocycles. The lowest BCUT2D eigenvalue weighted by Gasteiger charge is -2.21. The first-order chi connectivity index (χ1) is 7.10. The topological polar surface area (TPSA) is 36.4 Å². The van der Waals surface area contributed by atoms with E-state index in [1.807, 2.05) is 27.0 Å². The van der Waals surface area contributed by atoms with Gasteiger partial charge in [-0.2, -0.15) is 0 Å². The first-order valence-electron chi connectivity index (χ1n) is 5.39. The van der Waals surface area contributed by atoms with E-state index < -0.39 is 0 Å². The second kappa shape index (κ2) is 5.12. The largest absolute Gasteiger partial charge is 0.392 e. The number of aryl methyl sites for hydroxylation is 2. The van der Waals surface area contributed by atoms with Crippen LogP contribution in [0.5, 0.6) is 0 Å². The quantitative estimate of drug-likeness (QED) is 0.822. The van der Waals surface area contributed by atoms with Crippen LogP contribution in [-0.4, -0.2) is 23.7 Å². The molecule has 3 heteroatoms. The lowest BCUT2D eigenvalue weighted by Crippen LogP contribution is -2.21. The van der Waals surface area contributed by atoms with Crippen molar-refractivity contribution in [2.24, 2.45) is 0 Å². The van der Waals surface area contributed by atoms with Gasteiger partial charge in [-0.15, -0.1) is 0 Å². The molecule has 1 rings (SSSR count). The lowest BCUT2D eigenvalue weighted by molar-refractivity contribution is 0.281. The predicted molar refractivity (Wildman–Crippen MR) is 63.2 cm³/mol. The van der Waals surface area contributed by atoms with Crippen molar-refractivity contribution in [3.8, 4) is 0 Å². The minimum Gasteiger partial charge on any atom is -0.392 e. The second-order valence-corrected chi connectivity index (χ2v) is 3.96. The van der Waals surface area contributed by atoms with Crippen LogP contribution in [-0.2, 0) is 6.61 Å². The average molecular weight is 208 g/mol. The Labute approximate surface area is 91.8 Å². The summed E-state index contributed by atoms with van der Waals surface area (Å²) in [6.07, 6.45) is 1.08. The van der Waals surface area contributed by atoms with Crippen LogP contribution >= 0.6 is 0 Å². The minimum absolute atomic E-state index is 0.0580. The van der Waals surface area contributed by atoms with Crippen molar-refractivity contribution in [3.05, 3.63) is 22.9 Å². The number of aliphatic hydroxyl groups excluding tert-OH is 1. The SMILES string of the molecule is CCCN(C)c1nc(C)cc(C)c1CO. The molecule has 0 fully saturated rings. The van der Waals surface area contributed by atoms with Crippen LogP contribution in [0.2, 0.25) is 0 Å². The maximum atomic E-state index is 9.34. The molecule has 15 heavy (non-hydrogen) atoms. The fraction of sp³-hybridized carbons (Fsp3) is 0.583. The average Bonchev–Trinajstić information content (AvgIpc) is 2.17. The molecule has 0 aliphatic carbocycles. The van der Waals surface area contributed by atoms with Gasteiger partial charge in [0.2, 0.25) is 0 Å². The lowest BCUT2D eigenvalue weighted by atomic mass is 10.1. The van der Waals surface area contributed by atoms with Crippen LogP contribution in [0.25, 0.3) is 0 Å². The first-order valence-corrected chi connectivity index (χ1v) is 5.39. The summed E-state index contributed by atoms with van der Waals surface area (Å²) in [6.45, 7) is 7.16. The molecule has 3 nitrogen and oxygen atoms in total. The summed E-state index contributed by atoms with van der Waals surface area (Å²) in [4.78, 5) is 6.59. The van der Waals surface area contributed by atoms with Gasteiger partial charge in [0, 0.05) is 24.8 Å². The number of anilines is 1. The van der Waals surface area contributed by atoms with E-state index in [1.54, 1.807) is 0 Å². The summed E-state index contributed by atoms with van der Waals surface area (Å²) in [5, 5.41) is 9.34. The van der Waals surface area contributed by atoms with E-state index in [1.165, 1.54) is 0 Å². The number of nitrogens with zero attached hydrogens (tertiary/aromatic N) is 2. The van der Waals surface area contributed by atoms with Gasteiger partial charge in [-0.05, 0) is 31.9 Å². The van der Waals surface area contributed by atoms with Crippen LogP contribution in [0.1, 0.15) is 30.2 Å². The number of hydrogen-bond acceptors (Lipinski definition) is 3. The van der Waals surface area contributed by atoms with Crippen molar-refractivity contribution in [1.29, 1.82) is 0 Å². The summed E-state index contributed by atoms with van der Waals surface area (Å²) in [7, 11) is 2.02. The van der Waals surface area contributed by atoms with Gasteiger partial charge in [0.15, 0.2) is 0 Å². The maximum absolute atomic E-state index is 9.34. The Morgan fingerprint density at radius 1 is 1.40 bits per heavy atom. The third-order valence-electron chi connectivity index (χ3n) is 2.53. The Balaban J connectivity index is 3.13. The van der Waals surface area contributed by atoms with E-state index in [0.29, 0.717) is 0 Å². The Kier molecular flexibility index (Phi) is 4.09. The molecule has 1 aromatic rings. The minimum atomic E-state index is 0.0580. The number of hydrogen-bond donors (Lipinski definition) is 1. The third-order valence-corrected chi connectivity index (χ3v) is 2.53. The molecular weight excluding hydrogens is 188 g/mol. The molecule has 0 spiro atoms. The van der Waals surface area contributed by atoms with E-state index in [4.69, 9.17) is 0 Å². The van der Waals surface area contributed by atoms with E-state index in [9.17, 15) is 5.11 Å². The number of pyridine rings is 1. The fourth-order valence-electron chi connectivity index (χ4n) is 1.80. The van der Waals surface area contributed by atoms with Crippen LogP contribution < -0.4 is 4.90 Å². The molecule has 1 aromatic heterocycles. The van der Waals surface area contributed by atoms with Crippen molar-refractivity contribution in [3.63, 3.8) is 0 Å². The van der Waals surface area contributed by atoms with E-state index >= 15 is 0 Å². The van der Waals surface area contributed by atoms with Gasteiger partial charge in [-0.3, -0.25) is 0 Å². The van der Waals surface area contributed by atoms with E-state index in [2.05, 4.69) is 16.8 Å². The first kappa shape index (κ1) is 12.0. The van der Waals surface area contributed by atoms with Gasteiger partial charge < -0.3 is 10.0 Å². The number of rotatable bonds is 4. The molecule has 0 bridgehead atoms. The summed E-state index contributed by atoms with van der Waals surface area (Å²) in [6, 6.07) is 2.01. The summed E-state index contributed by atoms with van der Waals surface area (Å²) in [5.41, 5.74) is 3.06. The van der Waals surface area contributed by atoms with Crippen molar-refractivity contribution in [1.82, 2.24) is 4.98 Å². The maximum Gasteiger partial charge on any atom is 0.134 e. The van der Waals surface area contributed by atoms with E-state index in [-0.39, 0.29) is 6.61 Å². The zero-order valence-corrected chi connectivity index (χ0v) is 10.0. The zero-order valence-electron chi connectivity index (χ0n) is 10.0. The highest BCUT2D eigenvalue weighted by Crippen LogP contribution is 2.21.